The Hall–Kier alpha value is 0.270. The summed E-state index contributed by atoms with van der Waals surface area (Å²) in [6, 6.07) is 1.46. The molecule has 1 N–H and O–H groups in total. The van der Waals surface area contributed by atoms with Crippen LogP contribution in [0.2, 0.25) is 0 Å². The first-order chi connectivity index (χ1) is 8.77. The van der Waals surface area contributed by atoms with Crippen molar-refractivity contribution in [2.24, 2.45) is 0 Å². The van der Waals surface area contributed by atoms with Gasteiger partial charge < -0.3 is 5.32 Å². The van der Waals surface area contributed by atoms with E-state index in [9.17, 15) is 0 Å². The molecule has 1 aliphatic heterocycles. The quantitative estimate of drug-likeness (QED) is 0.648. The number of piperazine rings is 1. The lowest BCUT2D eigenvalue weighted by Gasteiger charge is -2.39. The van der Waals surface area contributed by atoms with Crippen LogP contribution in [-0.2, 0) is 0 Å². The van der Waals surface area contributed by atoms with Gasteiger partial charge in [-0.05, 0) is 44.7 Å². The molecule has 1 aliphatic rings. The minimum Gasteiger partial charge on any atom is -0.311 e. The van der Waals surface area contributed by atoms with E-state index in [4.69, 9.17) is 0 Å². The highest BCUT2D eigenvalue weighted by Gasteiger charge is 2.23. The van der Waals surface area contributed by atoms with Gasteiger partial charge in [0.15, 0.2) is 0 Å². The van der Waals surface area contributed by atoms with Gasteiger partial charge in [-0.2, -0.15) is 11.8 Å². The van der Waals surface area contributed by atoms with Crippen LogP contribution in [0.25, 0.3) is 0 Å². The molecule has 1 rings (SSSR count). The maximum atomic E-state index is 3.67. The van der Waals surface area contributed by atoms with Gasteiger partial charge in [0.05, 0.1) is 0 Å². The van der Waals surface area contributed by atoms with E-state index >= 15 is 0 Å². The van der Waals surface area contributed by atoms with Crippen molar-refractivity contribution in [2.45, 2.75) is 64.5 Å². The van der Waals surface area contributed by atoms with Crippen LogP contribution < -0.4 is 5.32 Å². The van der Waals surface area contributed by atoms with Gasteiger partial charge in [-0.1, -0.05) is 26.2 Å². The summed E-state index contributed by atoms with van der Waals surface area (Å²) < 4.78 is 0. The molecule has 108 valence electrons. The summed E-state index contributed by atoms with van der Waals surface area (Å²) in [5.74, 6) is 1.34. The molecule has 0 amide bonds. The number of hydrogen-bond donors (Lipinski definition) is 1. The molecule has 18 heavy (non-hydrogen) atoms. The second-order valence-electron chi connectivity index (χ2n) is 5.64. The van der Waals surface area contributed by atoms with E-state index in [2.05, 4.69) is 30.3 Å². The lowest BCUT2D eigenvalue weighted by atomic mass is 10.1. The molecule has 0 spiro atoms. The Labute approximate surface area is 118 Å². The Morgan fingerprint density at radius 1 is 1.22 bits per heavy atom. The first-order valence-corrected chi connectivity index (χ1v) is 9.13. The van der Waals surface area contributed by atoms with Crippen molar-refractivity contribution < 1.29 is 0 Å². The Kier molecular flexibility index (Phi) is 9.16. The van der Waals surface area contributed by atoms with Crippen LogP contribution in [0.4, 0.5) is 0 Å². The Morgan fingerprint density at radius 2 is 2.00 bits per heavy atom. The van der Waals surface area contributed by atoms with Crippen LogP contribution in [-0.4, -0.2) is 48.6 Å². The van der Waals surface area contributed by atoms with Crippen molar-refractivity contribution in [3.63, 3.8) is 0 Å². The largest absolute Gasteiger partial charge is 0.311 e. The number of thioether (sulfide) groups is 1. The molecule has 1 heterocycles. The summed E-state index contributed by atoms with van der Waals surface area (Å²) >= 11 is 1.98. The molecule has 1 saturated heterocycles. The molecule has 3 heteroatoms. The van der Waals surface area contributed by atoms with Gasteiger partial charge in [-0.25, -0.2) is 0 Å². The average molecular weight is 273 g/mol. The van der Waals surface area contributed by atoms with Gasteiger partial charge in [0.25, 0.3) is 0 Å². The van der Waals surface area contributed by atoms with E-state index in [-0.39, 0.29) is 0 Å². The molecule has 0 radical (unpaired) electrons. The molecule has 2 unspecified atom stereocenters. The smallest absolute Gasteiger partial charge is 0.0195 e. The summed E-state index contributed by atoms with van der Waals surface area (Å²) in [4.78, 5) is 2.70. The third-order valence-corrected chi connectivity index (χ3v) is 4.66. The fourth-order valence-electron chi connectivity index (χ4n) is 2.76. The van der Waals surface area contributed by atoms with E-state index in [1.807, 2.05) is 11.8 Å². The molecule has 0 aromatic rings. The van der Waals surface area contributed by atoms with Crippen molar-refractivity contribution in [1.29, 1.82) is 0 Å². The van der Waals surface area contributed by atoms with E-state index in [0.29, 0.717) is 0 Å². The second-order valence-corrected chi connectivity index (χ2v) is 6.63. The summed E-state index contributed by atoms with van der Waals surface area (Å²) in [5, 5.41) is 3.67. The standard InChI is InChI=1S/C15H32N2S/c1-4-9-15-13-17(14(2)12-16-15)10-7-5-6-8-11-18-3/h14-16H,4-13H2,1-3H3. The molecule has 1 fully saturated rings. The van der Waals surface area contributed by atoms with Crippen LogP contribution in [0.15, 0.2) is 0 Å². The van der Waals surface area contributed by atoms with E-state index < -0.39 is 0 Å². The number of hydrogen-bond acceptors (Lipinski definition) is 3. The fraction of sp³-hybridized carbons (Fsp3) is 1.00. The molecular weight excluding hydrogens is 240 g/mol. The van der Waals surface area contributed by atoms with Gasteiger partial charge in [0, 0.05) is 25.2 Å². The van der Waals surface area contributed by atoms with Crippen LogP contribution in [0.3, 0.4) is 0 Å². The number of rotatable bonds is 9. The average Bonchev–Trinajstić information content (AvgIpc) is 2.37. The van der Waals surface area contributed by atoms with Crippen molar-refractivity contribution in [1.82, 2.24) is 10.2 Å². The van der Waals surface area contributed by atoms with E-state index in [0.717, 1.165) is 12.1 Å². The predicted molar refractivity (Wildman–Crippen MR) is 84.6 cm³/mol. The zero-order chi connectivity index (χ0) is 13.2. The lowest BCUT2D eigenvalue weighted by Crippen LogP contribution is -2.55. The molecule has 0 bridgehead atoms. The molecular formula is C15H32N2S. The summed E-state index contributed by atoms with van der Waals surface area (Å²) in [6.45, 7) is 8.40. The number of unbranched alkanes of at least 4 members (excludes halogenated alkanes) is 3. The zero-order valence-electron chi connectivity index (χ0n) is 12.6. The minimum absolute atomic E-state index is 0.726. The third-order valence-electron chi connectivity index (χ3n) is 3.96. The van der Waals surface area contributed by atoms with Gasteiger partial charge in [-0.15, -0.1) is 0 Å². The summed E-state index contributed by atoms with van der Waals surface area (Å²) in [7, 11) is 0. The summed E-state index contributed by atoms with van der Waals surface area (Å²) in [6.07, 6.45) is 10.4. The van der Waals surface area contributed by atoms with Crippen molar-refractivity contribution >= 4 is 11.8 Å². The first-order valence-electron chi connectivity index (χ1n) is 7.74. The van der Waals surface area contributed by atoms with Gasteiger partial charge >= 0.3 is 0 Å². The maximum absolute atomic E-state index is 3.67. The molecule has 2 atom stereocenters. The Morgan fingerprint density at radius 3 is 2.72 bits per heavy atom. The predicted octanol–water partition coefficient (Wildman–Crippen LogP) is 3.37. The Bertz CT molecular complexity index is 199. The van der Waals surface area contributed by atoms with Crippen LogP contribution in [0, 0.1) is 0 Å². The Balaban J connectivity index is 2.10. The zero-order valence-corrected chi connectivity index (χ0v) is 13.4. The second kappa shape index (κ2) is 10.1. The molecule has 0 aromatic carbocycles. The molecule has 0 saturated carbocycles. The third kappa shape index (κ3) is 6.44. The van der Waals surface area contributed by atoms with Crippen molar-refractivity contribution in [3.8, 4) is 0 Å². The number of nitrogens with one attached hydrogen (secondary N) is 1. The van der Waals surface area contributed by atoms with Crippen LogP contribution in [0.1, 0.15) is 52.4 Å². The summed E-state index contributed by atoms with van der Waals surface area (Å²) in [5.41, 5.74) is 0. The highest BCUT2D eigenvalue weighted by atomic mass is 32.2. The van der Waals surface area contributed by atoms with Gasteiger partial charge in [0.2, 0.25) is 0 Å². The monoisotopic (exact) mass is 272 g/mol. The first kappa shape index (κ1) is 16.3. The van der Waals surface area contributed by atoms with Crippen molar-refractivity contribution in [2.75, 3.05) is 31.6 Å². The highest BCUT2D eigenvalue weighted by Crippen LogP contribution is 2.12. The maximum Gasteiger partial charge on any atom is 0.0195 e. The topological polar surface area (TPSA) is 15.3 Å². The van der Waals surface area contributed by atoms with E-state index in [1.54, 1.807) is 0 Å². The van der Waals surface area contributed by atoms with Crippen molar-refractivity contribution in [3.05, 3.63) is 0 Å². The lowest BCUT2D eigenvalue weighted by molar-refractivity contribution is 0.134. The van der Waals surface area contributed by atoms with Gasteiger partial charge in [0.1, 0.15) is 0 Å². The van der Waals surface area contributed by atoms with Crippen LogP contribution >= 0.6 is 11.8 Å². The number of nitrogens with zero attached hydrogens (tertiary/aromatic N) is 1. The molecule has 0 aromatic heterocycles. The SMILES string of the molecule is CCCC1CN(CCCCCCSC)C(C)CN1. The molecule has 2 nitrogen and oxygen atoms in total. The van der Waals surface area contributed by atoms with E-state index in [1.165, 1.54) is 63.9 Å². The fourth-order valence-corrected chi connectivity index (χ4v) is 3.26. The normalized spacial score (nSPS) is 25.5. The molecule has 0 aliphatic carbocycles. The van der Waals surface area contributed by atoms with Gasteiger partial charge in [-0.3, -0.25) is 4.90 Å². The van der Waals surface area contributed by atoms with Crippen LogP contribution in [0.5, 0.6) is 0 Å². The highest BCUT2D eigenvalue weighted by molar-refractivity contribution is 7.98. The minimum atomic E-state index is 0.726.